The summed E-state index contributed by atoms with van der Waals surface area (Å²) >= 11 is 0. The van der Waals surface area contributed by atoms with Gasteiger partial charge in [-0.15, -0.1) is 0 Å². The second kappa shape index (κ2) is 6.59. The first-order valence-electron chi connectivity index (χ1n) is 8.35. The molecular weight excluding hydrogens is 278 g/mol. The number of nitrogens with one attached hydrogen (secondary N) is 1. The Morgan fingerprint density at radius 3 is 2.50 bits per heavy atom. The summed E-state index contributed by atoms with van der Waals surface area (Å²) in [6.07, 6.45) is 4.70. The van der Waals surface area contributed by atoms with Crippen molar-refractivity contribution in [2.75, 3.05) is 13.2 Å². The predicted molar refractivity (Wildman–Crippen MR) is 85.4 cm³/mol. The Morgan fingerprint density at radius 2 is 1.82 bits per heavy atom. The van der Waals surface area contributed by atoms with Gasteiger partial charge >= 0.3 is 0 Å². The number of fused-ring (bicyclic) bond motifs is 1. The molecule has 1 atom stereocenters. The molecule has 0 spiro atoms. The van der Waals surface area contributed by atoms with Crippen LogP contribution in [0.15, 0.2) is 18.2 Å². The molecule has 0 aromatic heterocycles. The van der Waals surface area contributed by atoms with E-state index >= 15 is 0 Å². The summed E-state index contributed by atoms with van der Waals surface area (Å²) in [4.78, 5) is 12.7. The van der Waals surface area contributed by atoms with Gasteiger partial charge < -0.3 is 14.8 Å². The molecule has 4 heteroatoms. The minimum Gasteiger partial charge on any atom is -0.486 e. The zero-order chi connectivity index (χ0) is 15.5. The molecule has 1 fully saturated rings. The molecule has 1 aliphatic carbocycles. The number of carbonyl (C=O) groups excluding carboxylic acids is 1. The molecule has 1 heterocycles. The molecule has 1 aromatic carbocycles. The molecule has 1 unspecified atom stereocenters. The molecule has 0 radical (unpaired) electrons. The Balaban J connectivity index is 1.89. The molecule has 0 saturated heterocycles. The molecule has 120 valence electrons. The summed E-state index contributed by atoms with van der Waals surface area (Å²) in [6, 6.07) is 6.12. The summed E-state index contributed by atoms with van der Waals surface area (Å²) in [5.74, 6) is 2.04. The monoisotopic (exact) mass is 303 g/mol. The Labute approximate surface area is 132 Å². The minimum absolute atomic E-state index is 0.0827. The second-order valence-electron chi connectivity index (χ2n) is 6.59. The third-order valence-corrected chi connectivity index (χ3v) is 4.51. The quantitative estimate of drug-likeness (QED) is 0.929. The van der Waals surface area contributed by atoms with E-state index in [1.165, 1.54) is 12.8 Å². The molecule has 0 bridgehead atoms. The SMILES string of the molecule is CC(C)NC(=O)C(c1ccc2c(c1)OCCO2)C1CCCC1. The fraction of sp³-hybridized carbons (Fsp3) is 0.611. The lowest BCUT2D eigenvalue weighted by Crippen LogP contribution is -2.37. The van der Waals surface area contributed by atoms with Crippen molar-refractivity contribution >= 4 is 5.91 Å². The Morgan fingerprint density at radius 1 is 1.14 bits per heavy atom. The smallest absolute Gasteiger partial charge is 0.228 e. The van der Waals surface area contributed by atoms with E-state index in [1.807, 2.05) is 32.0 Å². The van der Waals surface area contributed by atoms with Crippen LogP contribution in [0.5, 0.6) is 11.5 Å². The van der Waals surface area contributed by atoms with Gasteiger partial charge in [0.05, 0.1) is 5.92 Å². The molecule has 2 aliphatic rings. The lowest BCUT2D eigenvalue weighted by atomic mass is 9.83. The van der Waals surface area contributed by atoms with Gasteiger partial charge in [-0.1, -0.05) is 18.9 Å². The van der Waals surface area contributed by atoms with E-state index < -0.39 is 0 Å². The highest BCUT2D eigenvalue weighted by atomic mass is 16.6. The molecule has 1 N–H and O–H groups in total. The molecule has 1 saturated carbocycles. The molecule has 22 heavy (non-hydrogen) atoms. The van der Waals surface area contributed by atoms with Gasteiger partial charge in [0, 0.05) is 6.04 Å². The maximum Gasteiger partial charge on any atom is 0.228 e. The Bertz CT molecular complexity index is 535. The van der Waals surface area contributed by atoms with Crippen molar-refractivity contribution in [3.8, 4) is 11.5 Å². The fourth-order valence-corrected chi connectivity index (χ4v) is 3.56. The van der Waals surface area contributed by atoms with E-state index in [9.17, 15) is 4.79 Å². The molecule has 4 nitrogen and oxygen atoms in total. The number of hydrogen-bond donors (Lipinski definition) is 1. The van der Waals surface area contributed by atoms with Crippen molar-refractivity contribution in [2.45, 2.75) is 51.5 Å². The fourth-order valence-electron chi connectivity index (χ4n) is 3.56. The zero-order valence-electron chi connectivity index (χ0n) is 13.4. The van der Waals surface area contributed by atoms with Crippen LogP contribution in [0.25, 0.3) is 0 Å². The molecule has 1 amide bonds. The van der Waals surface area contributed by atoms with Crippen LogP contribution in [0.3, 0.4) is 0 Å². The van der Waals surface area contributed by atoms with E-state index in [0.717, 1.165) is 29.9 Å². The minimum atomic E-state index is -0.0827. The number of hydrogen-bond acceptors (Lipinski definition) is 3. The highest BCUT2D eigenvalue weighted by Gasteiger charge is 2.33. The van der Waals surface area contributed by atoms with E-state index in [0.29, 0.717) is 19.1 Å². The van der Waals surface area contributed by atoms with Crippen LogP contribution in [0.1, 0.15) is 51.0 Å². The highest BCUT2D eigenvalue weighted by Crippen LogP contribution is 2.40. The van der Waals surface area contributed by atoms with Crippen molar-refractivity contribution in [2.24, 2.45) is 5.92 Å². The number of rotatable bonds is 4. The zero-order valence-corrected chi connectivity index (χ0v) is 13.4. The van der Waals surface area contributed by atoms with Crippen LogP contribution >= 0.6 is 0 Å². The number of benzene rings is 1. The predicted octanol–water partition coefficient (Wildman–Crippen LogP) is 3.26. The van der Waals surface area contributed by atoms with E-state index in [4.69, 9.17) is 9.47 Å². The number of carbonyl (C=O) groups is 1. The van der Waals surface area contributed by atoms with Crippen molar-refractivity contribution in [3.05, 3.63) is 23.8 Å². The van der Waals surface area contributed by atoms with Gasteiger partial charge in [0.2, 0.25) is 5.91 Å². The van der Waals surface area contributed by atoms with Crippen molar-refractivity contribution in [1.82, 2.24) is 5.32 Å². The van der Waals surface area contributed by atoms with Crippen molar-refractivity contribution in [1.29, 1.82) is 0 Å². The molecule has 1 aromatic rings. The second-order valence-corrected chi connectivity index (χ2v) is 6.59. The molecular formula is C18H25NO3. The van der Waals surface area contributed by atoms with E-state index in [1.54, 1.807) is 0 Å². The van der Waals surface area contributed by atoms with Crippen LogP contribution in [0.4, 0.5) is 0 Å². The summed E-state index contributed by atoms with van der Waals surface area (Å²) in [6.45, 7) is 5.18. The van der Waals surface area contributed by atoms with Crippen molar-refractivity contribution < 1.29 is 14.3 Å². The van der Waals surface area contributed by atoms with Gasteiger partial charge in [-0.05, 0) is 50.3 Å². The summed E-state index contributed by atoms with van der Waals surface area (Å²) in [7, 11) is 0. The topological polar surface area (TPSA) is 47.6 Å². The maximum atomic E-state index is 12.7. The average molecular weight is 303 g/mol. The third-order valence-electron chi connectivity index (χ3n) is 4.51. The Kier molecular flexibility index (Phi) is 4.55. The average Bonchev–Trinajstić information content (AvgIpc) is 3.00. The lowest BCUT2D eigenvalue weighted by molar-refractivity contribution is -0.124. The first kappa shape index (κ1) is 15.2. The lowest BCUT2D eigenvalue weighted by Gasteiger charge is -2.26. The first-order chi connectivity index (χ1) is 10.6. The van der Waals surface area contributed by atoms with Crippen LogP contribution in [0.2, 0.25) is 0 Å². The highest BCUT2D eigenvalue weighted by molar-refractivity contribution is 5.84. The van der Waals surface area contributed by atoms with Gasteiger partial charge in [0.15, 0.2) is 11.5 Å². The molecule has 3 rings (SSSR count). The van der Waals surface area contributed by atoms with Crippen LogP contribution < -0.4 is 14.8 Å². The van der Waals surface area contributed by atoms with Crippen LogP contribution in [-0.4, -0.2) is 25.2 Å². The van der Waals surface area contributed by atoms with Gasteiger partial charge in [-0.3, -0.25) is 4.79 Å². The van der Waals surface area contributed by atoms with E-state index in [2.05, 4.69) is 5.32 Å². The Hall–Kier alpha value is -1.71. The van der Waals surface area contributed by atoms with Gasteiger partial charge in [0.1, 0.15) is 13.2 Å². The van der Waals surface area contributed by atoms with Crippen molar-refractivity contribution in [3.63, 3.8) is 0 Å². The first-order valence-corrected chi connectivity index (χ1v) is 8.35. The van der Waals surface area contributed by atoms with Gasteiger partial charge in [-0.2, -0.15) is 0 Å². The van der Waals surface area contributed by atoms with Gasteiger partial charge in [0.25, 0.3) is 0 Å². The standard InChI is InChI=1S/C18H25NO3/c1-12(2)19-18(20)17(13-5-3-4-6-13)14-7-8-15-16(11-14)22-10-9-21-15/h7-8,11-13,17H,3-6,9-10H2,1-2H3,(H,19,20). The van der Waals surface area contributed by atoms with E-state index in [-0.39, 0.29) is 17.9 Å². The normalized spacial score (nSPS) is 19.2. The number of amides is 1. The maximum absolute atomic E-state index is 12.7. The van der Waals surface area contributed by atoms with Crippen LogP contribution in [0, 0.1) is 5.92 Å². The van der Waals surface area contributed by atoms with Crippen LogP contribution in [-0.2, 0) is 4.79 Å². The number of ether oxygens (including phenoxy) is 2. The van der Waals surface area contributed by atoms with Gasteiger partial charge in [-0.25, -0.2) is 0 Å². The summed E-state index contributed by atoms with van der Waals surface area (Å²) in [5, 5.41) is 3.09. The third kappa shape index (κ3) is 3.21. The summed E-state index contributed by atoms with van der Waals surface area (Å²) in [5.41, 5.74) is 1.05. The molecule has 1 aliphatic heterocycles. The summed E-state index contributed by atoms with van der Waals surface area (Å²) < 4.78 is 11.3. The largest absolute Gasteiger partial charge is 0.486 e.